The second-order valence-corrected chi connectivity index (χ2v) is 5.54. The molecule has 0 aromatic carbocycles. The molecule has 0 saturated heterocycles. The number of hydrogen-bond acceptors (Lipinski definition) is 1. The highest BCUT2D eigenvalue weighted by atomic mass is 16.1. The predicted molar refractivity (Wildman–Crippen MR) is 65.6 cm³/mol. The van der Waals surface area contributed by atoms with E-state index in [4.69, 9.17) is 0 Å². The molecular formula is C13H27NO. The van der Waals surface area contributed by atoms with Gasteiger partial charge in [0.1, 0.15) is 0 Å². The first-order valence-electron chi connectivity index (χ1n) is 6.07. The van der Waals surface area contributed by atoms with Crippen molar-refractivity contribution in [3.8, 4) is 0 Å². The maximum absolute atomic E-state index is 11.7. The molecule has 0 radical (unpaired) electrons. The van der Waals surface area contributed by atoms with Gasteiger partial charge in [-0.25, -0.2) is 0 Å². The van der Waals surface area contributed by atoms with Crippen LogP contribution < -0.4 is 5.32 Å². The lowest BCUT2D eigenvalue weighted by Crippen LogP contribution is -2.46. The molecule has 1 unspecified atom stereocenters. The molecule has 0 aromatic rings. The van der Waals surface area contributed by atoms with Gasteiger partial charge in [-0.15, -0.1) is 0 Å². The largest absolute Gasteiger partial charge is 0.353 e. The van der Waals surface area contributed by atoms with Crippen LogP contribution in [0.2, 0.25) is 0 Å². The first-order valence-corrected chi connectivity index (χ1v) is 6.07. The monoisotopic (exact) mass is 213 g/mol. The van der Waals surface area contributed by atoms with Gasteiger partial charge in [0.25, 0.3) is 0 Å². The van der Waals surface area contributed by atoms with E-state index in [1.165, 1.54) is 0 Å². The Bertz CT molecular complexity index is 197. The Morgan fingerprint density at radius 2 is 1.33 bits per heavy atom. The number of carbonyl (C=O) groups excluding carboxylic acids is 1. The maximum Gasteiger partial charge on any atom is 0.222 e. The second-order valence-electron chi connectivity index (χ2n) is 5.54. The third-order valence-corrected chi connectivity index (χ3v) is 3.17. The van der Waals surface area contributed by atoms with Gasteiger partial charge in [-0.2, -0.15) is 0 Å². The Labute approximate surface area is 94.8 Å². The highest BCUT2D eigenvalue weighted by Gasteiger charge is 2.25. The van der Waals surface area contributed by atoms with E-state index in [0.29, 0.717) is 23.8 Å². The van der Waals surface area contributed by atoms with Crippen LogP contribution in [0, 0.1) is 23.7 Å². The number of amides is 1. The normalized spacial score (nSPS) is 15.9. The topological polar surface area (TPSA) is 29.1 Å². The van der Waals surface area contributed by atoms with E-state index in [-0.39, 0.29) is 11.8 Å². The van der Waals surface area contributed by atoms with Crippen molar-refractivity contribution in [3.63, 3.8) is 0 Å². The zero-order valence-corrected chi connectivity index (χ0v) is 11.3. The molecule has 2 heteroatoms. The number of hydrogen-bond donors (Lipinski definition) is 1. The Balaban J connectivity index is 4.48. The standard InChI is InChI=1S/C13H27NO/c1-8(2)11(7)12(9(3)4)14-13(15)10(5)6/h8-12H,1-7H3,(H,14,15)/t11?,12-/m0/s1. The lowest BCUT2D eigenvalue weighted by Gasteiger charge is -2.31. The van der Waals surface area contributed by atoms with E-state index in [1.54, 1.807) is 0 Å². The molecule has 15 heavy (non-hydrogen) atoms. The third-order valence-electron chi connectivity index (χ3n) is 3.17. The van der Waals surface area contributed by atoms with Crippen molar-refractivity contribution in [2.45, 2.75) is 54.5 Å². The molecule has 0 saturated carbocycles. The van der Waals surface area contributed by atoms with Crippen molar-refractivity contribution in [1.29, 1.82) is 0 Å². The molecule has 0 rings (SSSR count). The molecule has 2 atom stereocenters. The molecule has 0 spiro atoms. The van der Waals surface area contributed by atoms with Crippen molar-refractivity contribution in [2.24, 2.45) is 23.7 Å². The minimum atomic E-state index is 0.0746. The molecule has 0 aliphatic heterocycles. The van der Waals surface area contributed by atoms with E-state index in [9.17, 15) is 4.79 Å². The molecule has 0 bridgehead atoms. The van der Waals surface area contributed by atoms with Crippen molar-refractivity contribution in [3.05, 3.63) is 0 Å². The van der Waals surface area contributed by atoms with Crippen LogP contribution in [0.5, 0.6) is 0 Å². The van der Waals surface area contributed by atoms with Gasteiger partial charge in [0.2, 0.25) is 5.91 Å². The molecule has 2 nitrogen and oxygen atoms in total. The van der Waals surface area contributed by atoms with Crippen LogP contribution in [0.1, 0.15) is 48.5 Å². The van der Waals surface area contributed by atoms with Crippen LogP contribution in [0.25, 0.3) is 0 Å². The van der Waals surface area contributed by atoms with Crippen LogP contribution in [-0.2, 0) is 4.79 Å². The zero-order valence-electron chi connectivity index (χ0n) is 11.3. The van der Waals surface area contributed by atoms with Gasteiger partial charge < -0.3 is 5.32 Å². The average molecular weight is 213 g/mol. The highest BCUT2D eigenvalue weighted by molar-refractivity contribution is 5.78. The van der Waals surface area contributed by atoms with Crippen molar-refractivity contribution < 1.29 is 4.79 Å². The van der Waals surface area contributed by atoms with Gasteiger partial charge in [-0.1, -0.05) is 48.5 Å². The summed E-state index contributed by atoms with van der Waals surface area (Å²) in [7, 11) is 0. The second kappa shape index (κ2) is 6.14. The molecular weight excluding hydrogens is 186 g/mol. The highest BCUT2D eigenvalue weighted by Crippen LogP contribution is 2.20. The number of rotatable bonds is 5. The summed E-state index contributed by atoms with van der Waals surface area (Å²) in [5.74, 6) is 1.86. The van der Waals surface area contributed by atoms with Gasteiger partial charge in [-0.3, -0.25) is 4.79 Å². The van der Waals surface area contributed by atoms with Crippen LogP contribution in [0.4, 0.5) is 0 Å². The summed E-state index contributed by atoms with van der Waals surface area (Å²) < 4.78 is 0. The SMILES string of the molecule is CC(C)C(=O)N[C@@H](C(C)C)C(C)C(C)C. The summed E-state index contributed by atoms with van der Waals surface area (Å²) >= 11 is 0. The van der Waals surface area contributed by atoms with Gasteiger partial charge >= 0.3 is 0 Å². The Kier molecular flexibility index (Phi) is 5.92. The summed E-state index contributed by atoms with van der Waals surface area (Å²) in [5, 5.41) is 3.16. The smallest absolute Gasteiger partial charge is 0.222 e. The fourth-order valence-electron chi connectivity index (χ4n) is 1.65. The van der Waals surface area contributed by atoms with Gasteiger partial charge in [0, 0.05) is 12.0 Å². The Morgan fingerprint density at radius 3 is 1.60 bits per heavy atom. The van der Waals surface area contributed by atoms with Gasteiger partial charge in [0.15, 0.2) is 0 Å². The fourth-order valence-corrected chi connectivity index (χ4v) is 1.65. The third kappa shape index (κ3) is 4.67. The quantitative estimate of drug-likeness (QED) is 0.747. The predicted octanol–water partition coefficient (Wildman–Crippen LogP) is 3.08. The van der Waals surface area contributed by atoms with E-state index >= 15 is 0 Å². The maximum atomic E-state index is 11.7. The van der Waals surface area contributed by atoms with Crippen LogP contribution >= 0.6 is 0 Å². The first kappa shape index (κ1) is 14.5. The summed E-state index contributed by atoms with van der Waals surface area (Å²) in [6.45, 7) is 14.9. The van der Waals surface area contributed by atoms with Crippen molar-refractivity contribution >= 4 is 5.91 Å². The molecule has 0 aliphatic carbocycles. The fraction of sp³-hybridized carbons (Fsp3) is 0.923. The molecule has 90 valence electrons. The van der Waals surface area contributed by atoms with E-state index in [1.807, 2.05) is 13.8 Å². The van der Waals surface area contributed by atoms with E-state index in [2.05, 4.69) is 39.9 Å². The molecule has 1 N–H and O–H groups in total. The summed E-state index contributed by atoms with van der Waals surface area (Å²) in [4.78, 5) is 11.7. The minimum absolute atomic E-state index is 0.0746. The van der Waals surface area contributed by atoms with E-state index < -0.39 is 0 Å². The number of carbonyl (C=O) groups is 1. The summed E-state index contributed by atoms with van der Waals surface area (Å²) in [6, 6.07) is 0.292. The average Bonchev–Trinajstić information content (AvgIpc) is 2.11. The zero-order chi connectivity index (χ0) is 12.2. The summed E-state index contributed by atoms with van der Waals surface area (Å²) in [6.07, 6.45) is 0. The van der Waals surface area contributed by atoms with Crippen molar-refractivity contribution in [1.82, 2.24) is 5.32 Å². The Hall–Kier alpha value is -0.530. The van der Waals surface area contributed by atoms with E-state index in [0.717, 1.165) is 0 Å². The molecule has 0 aliphatic rings. The molecule has 1 amide bonds. The molecule has 0 aromatic heterocycles. The van der Waals surface area contributed by atoms with Crippen molar-refractivity contribution in [2.75, 3.05) is 0 Å². The van der Waals surface area contributed by atoms with Crippen LogP contribution in [-0.4, -0.2) is 11.9 Å². The first-order chi connectivity index (χ1) is 6.77. The summed E-state index contributed by atoms with van der Waals surface area (Å²) in [5.41, 5.74) is 0. The van der Waals surface area contributed by atoms with Crippen LogP contribution in [0.3, 0.4) is 0 Å². The molecule has 0 fully saturated rings. The molecule has 0 heterocycles. The number of nitrogens with one attached hydrogen (secondary N) is 1. The van der Waals surface area contributed by atoms with Crippen LogP contribution in [0.15, 0.2) is 0 Å². The van der Waals surface area contributed by atoms with Gasteiger partial charge in [0.05, 0.1) is 0 Å². The lowest BCUT2D eigenvalue weighted by molar-refractivity contribution is -0.125. The Morgan fingerprint density at radius 1 is 0.867 bits per heavy atom. The van der Waals surface area contributed by atoms with Gasteiger partial charge in [-0.05, 0) is 17.8 Å². The minimum Gasteiger partial charge on any atom is -0.353 e. The lowest BCUT2D eigenvalue weighted by atomic mass is 9.84.